The molecule has 0 saturated heterocycles. The Morgan fingerprint density at radius 3 is 2.38 bits per heavy atom. The molecule has 3 aromatic rings. The smallest absolute Gasteiger partial charge is 0.310 e. The number of imidazole rings is 1. The zero-order chi connectivity index (χ0) is 21.2. The molecular weight excluding hydrogens is 362 g/mol. The fourth-order valence-electron chi connectivity index (χ4n) is 3.89. The predicted molar refractivity (Wildman–Crippen MR) is 118 cm³/mol. The van der Waals surface area contributed by atoms with Gasteiger partial charge in [-0.3, -0.25) is 9.20 Å². The summed E-state index contributed by atoms with van der Waals surface area (Å²) in [4.78, 5) is 16.4. The molecule has 154 valence electrons. The van der Waals surface area contributed by atoms with Crippen LogP contribution in [0.4, 0.5) is 5.82 Å². The number of ether oxygens (including phenoxy) is 1. The molecule has 1 aromatic carbocycles. The van der Waals surface area contributed by atoms with Crippen LogP contribution in [0.2, 0.25) is 0 Å². The molecule has 2 aromatic heterocycles. The second-order valence-corrected chi connectivity index (χ2v) is 9.34. The first-order valence-electron chi connectivity index (χ1n) is 10.1. The molecule has 0 radical (unpaired) electrons. The number of nitrogens with one attached hydrogen (secondary N) is 1. The van der Waals surface area contributed by atoms with E-state index in [4.69, 9.17) is 9.72 Å². The normalized spacial score (nSPS) is 12.2. The first-order chi connectivity index (χ1) is 13.6. The van der Waals surface area contributed by atoms with Crippen LogP contribution < -0.4 is 10.1 Å². The Bertz CT molecular complexity index is 995. The van der Waals surface area contributed by atoms with Crippen LogP contribution >= 0.6 is 0 Å². The molecule has 0 aliphatic carbocycles. The molecular formula is C24H31N3O2. The monoisotopic (exact) mass is 393 g/mol. The number of hydrogen-bond acceptors (Lipinski definition) is 4. The molecule has 5 heteroatoms. The van der Waals surface area contributed by atoms with Gasteiger partial charge < -0.3 is 10.1 Å². The minimum absolute atomic E-state index is 0.116. The number of nitrogens with zero attached hydrogens (tertiary/aromatic N) is 2. The highest BCUT2D eigenvalue weighted by Crippen LogP contribution is 2.35. The van der Waals surface area contributed by atoms with Crippen LogP contribution in [0.1, 0.15) is 54.4 Å². The van der Waals surface area contributed by atoms with Crippen molar-refractivity contribution in [2.24, 2.45) is 5.41 Å². The van der Waals surface area contributed by atoms with Crippen molar-refractivity contribution in [3.63, 3.8) is 0 Å². The van der Waals surface area contributed by atoms with Gasteiger partial charge in [0.05, 0.1) is 0 Å². The molecule has 3 rings (SSSR count). The zero-order valence-corrected chi connectivity index (χ0v) is 18.2. The van der Waals surface area contributed by atoms with Crippen LogP contribution in [0, 0.1) is 5.41 Å². The van der Waals surface area contributed by atoms with E-state index in [-0.39, 0.29) is 16.9 Å². The van der Waals surface area contributed by atoms with Gasteiger partial charge in [-0.2, -0.15) is 0 Å². The number of esters is 1. The summed E-state index contributed by atoms with van der Waals surface area (Å²) in [5, 5.41) is 3.74. The Kier molecular flexibility index (Phi) is 5.69. The number of carbonyl (C=O) groups is 1. The minimum Gasteiger partial charge on any atom is -0.427 e. The number of anilines is 1. The van der Waals surface area contributed by atoms with Crippen molar-refractivity contribution in [2.75, 3.05) is 5.32 Å². The maximum Gasteiger partial charge on any atom is 0.310 e. The average molecular weight is 394 g/mol. The molecule has 0 spiro atoms. The lowest BCUT2D eigenvalue weighted by Gasteiger charge is -2.34. The fourth-order valence-corrected chi connectivity index (χ4v) is 3.89. The zero-order valence-electron chi connectivity index (χ0n) is 18.2. The standard InChI is InChI=1S/C24H31N3O2/c1-7-20(28)29-18-13-11-17(12-14-18)21-22(26-24(5,6)16-23(2,3)4)27-15-9-8-10-19(27)25-21/h8-15,26H,7,16H2,1-6H3. The highest BCUT2D eigenvalue weighted by atomic mass is 16.5. The average Bonchev–Trinajstić information content (AvgIpc) is 2.98. The lowest BCUT2D eigenvalue weighted by Crippen LogP contribution is -2.36. The van der Waals surface area contributed by atoms with Crippen molar-refractivity contribution in [1.29, 1.82) is 0 Å². The Hall–Kier alpha value is -2.82. The van der Waals surface area contributed by atoms with E-state index in [0.717, 1.165) is 29.1 Å². The Balaban J connectivity index is 2.00. The molecule has 0 fully saturated rings. The van der Waals surface area contributed by atoms with E-state index in [1.54, 1.807) is 6.92 Å². The molecule has 5 nitrogen and oxygen atoms in total. The van der Waals surface area contributed by atoms with Crippen LogP contribution in [-0.2, 0) is 4.79 Å². The van der Waals surface area contributed by atoms with Gasteiger partial charge in [-0.05, 0) is 62.1 Å². The van der Waals surface area contributed by atoms with Crippen molar-refractivity contribution in [2.45, 2.75) is 59.9 Å². The van der Waals surface area contributed by atoms with Gasteiger partial charge >= 0.3 is 5.97 Å². The largest absolute Gasteiger partial charge is 0.427 e. The van der Waals surface area contributed by atoms with Gasteiger partial charge in [0.2, 0.25) is 0 Å². The summed E-state index contributed by atoms with van der Waals surface area (Å²) in [5.74, 6) is 1.27. The summed E-state index contributed by atoms with van der Waals surface area (Å²) in [6, 6.07) is 13.5. The van der Waals surface area contributed by atoms with Gasteiger partial charge in [-0.15, -0.1) is 0 Å². The van der Waals surface area contributed by atoms with E-state index in [1.807, 2.05) is 48.7 Å². The second kappa shape index (κ2) is 7.90. The van der Waals surface area contributed by atoms with E-state index >= 15 is 0 Å². The first-order valence-corrected chi connectivity index (χ1v) is 10.1. The number of pyridine rings is 1. The topological polar surface area (TPSA) is 55.6 Å². The fraction of sp³-hybridized carbons (Fsp3) is 0.417. The lowest BCUT2D eigenvalue weighted by molar-refractivity contribution is -0.134. The number of rotatable bonds is 6. The molecule has 0 aliphatic rings. The van der Waals surface area contributed by atoms with Crippen molar-refractivity contribution in [3.8, 4) is 17.0 Å². The third kappa shape index (κ3) is 5.17. The summed E-state index contributed by atoms with van der Waals surface area (Å²) in [6.07, 6.45) is 3.38. The van der Waals surface area contributed by atoms with Crippen LogP contribution in [0.3, 0.4) is 0 Å². The predicted octanol–water partition coefficient (Wildman–Crippen LogP) is 5.94. The van der Waals surface area contributed by atoms with Crippen LogP contribution in [0.5, 0.6) is 5.75 Å². The Morgan fingerprint density at radius 1 is 1.07 bits per heavy atom. The van der Waals surface area contributed by atoms with Crippen molar-refractivity contribution in [1.82, 2.24) is 9.38 Å². The van der Waals surface area contributed by atoms with E-state index < -0.39 is 0 Å². The van der Waals surface area contributed by atoms with E-state index in [9.17, 15) is 4.79 Å². The molecule has 0 unspecified atom stereocenters. The van der Waals surface area contributed by atoms with E-state index in [1.165, 1.54) is 0 Å². The van der Waals surface area contributed by atoms with E-state index in [0.29, 0.717) is 12.2 Å². The number of fused-ring (bicyclic) bond motifs is 1. The summed E-state index contributed by atoms with van der Waals surface area (Å²) in [5.41, 5.74) is 2.82. The lowest BCUT2D eigenvalue weighted by atomic mass is 9.82. The van der Waals surface area contributed by atoms with Gasteiger partial charge in [-0.25, -0.2) is 4.98 Å². The van der Waals surface area contributed by atoms with Crippen LogP contribution in [0.15, 0.2) is 48.7 Å². The second-order valence-electron chi connectivity index (χ2n) is 9.34. The summed E-state index contributed by atoms with van der Waals surface area (Å²) < 4.78 is 7.39. The van der Waals surface area contributed by atoms with Crippen LogP contribution in [-0.4, -0.2) is 20.9 Å². The molecule has 0 bridgehead atoms. The maximum atomic E-state index is 11.5. The first kappa shape index (κ1) is 20.9. The quantitative estimate of drug-likeness (QED) is 0.416. The minimum atomic E-state index is -0.239. The molecule has 0 aliphatic heterocycles. The summed E-state index contributed by atoms with van der Waals surface area (Å²) >= 11 is 0. The van der Waals surface area contributed by atoms with E-state index in [2.05, 4.69) is 44.3 Å². The number of aromatic nitrogens is 2. The summed E-state index contributed by atoms with van der Waals surface area (Å²) in [6.45, 7) is 13.0. The number of carbonyl (C=O) groups excluding carboxylic acids is 1. The third-order valence-electron chi connectivity index (χ3n) is 4.61. The molecule has 29 heavy (non-hydrogen) atoms. The van der Waals surface area contributed by atoms with Crippen molar-refractivity contribution >= 4 is 17.4 Å². The molecule has 0 atom stereocenters. The number of benzene rings is 1. The SMILES string of the molecule is CCC(=O)Oc1ccc(-c2nc3ccccn3c2NC(C)(C)CC(C)(C)C)cc1. The molecule has 0 amide bonds. The van der Waals surface area contributed by atoms with Crippen molar-refractivity contribution < 1.29 is 9.53 Å². The van der Waals surface area contributed by atoms with Gasteiger partial charge in [0.1, 0.15) is 22.9 Å². The molecule has 2 heterocycles. The van der Waals surface area contributed by atoms with Gasteiger partial charge in [-0.1, -0.05) is 33.8 Å². The Morgan fingerprint density at radius 2 is 1.76 bits per heavy atom. The molecule has 1 N–H and O–H groups in total. The number of hydrogen-bond donors (Lipinski definition) is 1. The summed E-state index contributed by atoms with van der Waals surface area (Å²) in [7, 11) is 0. The van der Waals surface area contributed by atoms with Crippen LogP contribution in [0.25, 0.3) is 16.9 Å². The van der Waals surface area contributed by atoms with Gasteiger partial charge in [0.25, 0.3) is 0 Å². The third-order valence-corrected chi connectivity index (χ3v) is 4.61. The van der Waals surface area contributed by atoms with Gasteiger partial charge in [0, 0.05) is 23.7 Å². The highest BCUT2D eigenvalue weighted by Gasteiger charge is 2.28. The van der Waals surface area contributed by atoms with Gasteiger partial charge in [0.15, 0.2) is 0 Å². The Labute approximate surface area is 173 Å². The molecule has 0 saturated carbocycles. The maximum absolute atomic E-state index is 11.5. The highest BCUT2D eigenvalue weighted by molar-refractivity contribution is 5.78. The van der Waals surface area contributed by atoms with Crippen molar-refractivity contribution in [3.05, 3.63) is 48.7 Å².